The number of urea groups is 1. The molecule has 2 aromatic carbocycles. The quantitative estimate of drug-likeness (QED) is 0.564. The highest BCUT2D eigenvalue weighted by atomic mass is 16.5. The van der Waals surface area contributed by atoms with E-state index in [1.54, 1.807) is 24.3 Å². The van der Waals surface area contributed by atoms with Gasteiger partial charge in [0.15, 0.2) is 0 Å². The Morgan fingerprint density at radius 3 is 2.50 bits per heavy atom. The SMILES string of the molecule is COc1ccccc1N1C(=O)NC(=O)C(=Cc2cn(C)c3ccccc23)C1=O. The van der Waals surface area contributed by atoms with Crippen LogP contribution in [0.15, 0.2) is 60.3 Å². The Bertz CT molecular complexity index is 1160. The second-order valence-electron chi connectivity index (χ2n) is 6.34. The largest absolute Gasteiger partial charge is 0.495 e. The van der Waals surface area contributed by atoms with Crippen molar-refractivity contribution in [2.75, 3.05) is 12.0 Å². The molecule has 0 spiro atoms. The molecule has 0 radical (unpaired) electrons. The van der Waals surface area contributed by atoms with Crippen molar-refractivity contribution in [2.45, 2.75) is 0 Å². The lowest BCUT2D eigenvalue weighted by atomic mass is 10.1. The van der Waals surface area contributed by atoms with E-state index in [4.69, 9.17) is 4.74 Å². The van der Waals surface area contributed by atoms with Crippen LogP contribution in [0.25, 0.3) is 17.0 Å². The van der Waals surface area contributed by atoms with Gasteiger partial charge in [0.25, 0.3) is 11.8 Å². The Balaban J connectivity index is 1.83. The molecule has 2 heterocycles. The van der Waals surface area contributed by atoms with Crippen LogP contribution in [0.4, 0.5) is 10.5 Å². The van der Waals surface area contributed by atoms with Crippen LogP contribution >= 0.6 is 0 Å². The average molecular weight is 375 g/mol. The molecule has 1 aromatic heterocycles. The van der Waals surface area contributed by atoms with Crippen LogP contribution in [0, 0.1) is 0 Å². The molecule has 4 rings (SSSR count). The molecule has 1 aliphatic heterocycles. The minimum absolute atomic E-state index is 0.123. The number of anilines is 1. The smallest absolute Gasteiger partial charge is 0.336 e. The molecule has 0 unspecified atom stereocenters. The maximum absolute atomic E-state index is 13.1. The van der Waals surface area contributed by atoms with Crippen LogP contribution in [-0.4, -0.2) is 29.5 Å². The number of hydrogen-bond donors (Lipinski definition) is 1. The molecule has 1 aliphatic rings. The number of benzene rings is 2. The lowest BCUT2D eigenvalue weighted by Gasteiger charge is -2.27. The monoisotopic (exact) mass is 375 g/mol. The Morgan fingerprint density at radius 1 is 1.00 bits per heavy atom. The predicted octanol–water partition coefficient (Wildman–Crippen LogP) is 2.85. The Labute approximate surface area is 160 Å². The van der Waals surface area contributed by atoms with Crippen molar-refractivity contribution in [1.29, 1.82) is 0 Å². The molecule has 1 N–H and O–H groups in total. The van der Waals surface area contributed by atoms with E-state index in [0.29, 0.717) is 11.3 Å². The molecule has 3 aromatic rings. The number of carbonyl (C=O) groups excluding carboxylic acids is 3. The van der Waals surface area contributed by atoms with E-state index in [0.717, 1.165) is 15.8 Å². The summed E-state index contributed by atoms with van der Waals surface area (Å²) in [4.78, 5) is 38.8. The van der Waals surface area contributed by atoms with Gasteiger partial charge in [-0.3, -0.25) is 14.9 Å². The van der Waals surface area contributed by atoms with Gasteiger partial charge in [-0.2, -0.15) is 0 Å². The summed E-state index contributed by atoms with van der Waals surface area (Å²) in [6.07, 6.45) is 3.34. The van der Waals surface area contributed by atoms with Crippen molar-refractivity contribution in [1.82, 2.24) is 9.88 Å². The Kier molecular flexibility index (Phi) is 4.19. The summed E-state index contributed by atoms with van der Waals surface area (Å²) in [5, 5.41) is 3.13. The lowest BCUT2D eigenvalue weighted by Crippen LogP contribution is -2.54. The summed E-state index contributed by atoms with van der Waals surface area (Å²) in [6.45, 7) is 0. The summed E-state index contributed by atoms with van der Waals surface area (Å²) < 4.78 is 7.17. The Morgan fingerprint density at radius 2 is 1.71 bits per heavy atom. The van der Waals surface area contributed by atoms with Gasteiger partial charge < -0.3 is 9.30 Å². The van der Waals surface area contributed by atoms with Gasteiger partial charge >= 0.3 is 6.03 Å². The van der Waals surface area contributed by atoms with E-state index >= 15 is 0 Å². The maximum Gasteiger partial charge on any atom is 0.336 e. The molecule has 0 bridgehead atoms. The van der Waals surface area contributed by atoms with E-state index in [2.05, 4.69) is 5.32 Å². The number of barbiturate groups is 1. The van der Waals surface area contributed by atoms with E-state index in [1.165, 1.54) is 13.2 Å². The molecule has 140 valence electrons. The van der Waals surface area contributed by atoms with Gasteiger partial charge in [-0.15, -0.1) is 0 Å². The first-order valence-corrected chi connectivity index (χ1v) is 8.60. The summed E-state index contributed by atoms with van der Waals surface area (Å²) in [5.74, 6) is -1.08. The number of para-hydroxylation sites is 3. The number of imide groups is 2. The summed E-state index contributed by atoms with van der Waals surface area (Å²) in [6, 6.07) is 13.5. The van der Waals surface area contributed by atoms with E-state index in [-0.39, 0.29) is 11.3 Å². The third-order valence-electron chi connectivity index (χ3n) is 4.66. The number of nitrogens with zero attached hydrogens (tertiary/aromatic N) is 2. The molecule has 0 saturated carbocycles. The first kappa shape index (κ1) is 17.5. The third kappa shape index (κ3) is 2.73. The number of amides is 4. The first-order valence-electron chi connectivity index (χ1n) is 8.60. The van der Waals surface area contributed by atoms with Crippen LogP contribution in [-0.2, 0) is 16.6 Å². The zero-order valence-corrected chi connectivity index (χ0v) is 15.3. The number of aryl methyl sites for hydroxylation is 1. The predicted molar refractivity (Wildman–Crippen MR) is 105 cm³/mol. The molecule has 4 amide bonds. The van der Waals surface area contributed by atoms with Gasteiger partial charge in [0.1, 0.15) is 11.3 Å². The summed E-state index contributed by atoms with van der Waals surface area (Å²) in [5.41, 5.74) is 1.83. The number of nitrogens with one attached hydrogen (secondary N) is 1. The zero-order chi connectivity index (χ0) is 19.8. The van der Waals surface area contributed by atoms with Gasteiger partial charge in [-0.05, 0) is 24.3 Å². The number of aromatic nitrogens is 1. The molecule has 7 heteroatoms. The van der Waals surface area contributed by atoms with Gasteiger partial charge in [-0.25, -0.2) is 9.69 Å². The van der Waals surface area contributed by atoms with E-state index in [1.807, 2.05) is 42.1 Å². The maximum atomic E-state index is 13.1. The van der Waals surface area contributed by atoms with Crippen molar-refractivity contribution < 1.29 is 19.1 Å². The molecule has 7 nitrogen and oxygen atoms in total. The molecular weight excluding hydrogens is 358 g/mol. The van der Waals surface area contributed by atoms with Crippen molar-refractivity contribution in [3.05, 3.63) is 65.9 Å². The number of methoxy groups -OCH3 is 1. The van der Waals surface area contributed by atoms with Crippen molar-refractivity contribution in [2.24, 2.45) is 7.05 Å². The number of hydrogen-bond acceptors (Lipinski definition) is 4. The number of fused-ring (bicyclic) bond motifs is 1. The van der Waals surface area contributed by atoms with Crippen LogP contribution < -0.4 is 15.0 Å². The average Bonchev–Trinajstić information content (AvgIpc) is 3.01. The molecule has 0 atom stereocenters. The van der Waals surface area contributed by atoms with Crippen LogP contribution in [0.3, 0.4) is 0 Å². The first-order chi connectivity index (χ1) is 13.5. The highest BCUT2D eigenvalue weighted by Gasteiger charge is 2.38. The minimum Gasteiger partial charge on any atom is -0.495 e. The number of carbonyl (C=O) groups is 3. The normalized spacial score (nSPS) is 16.0. The highest BCUT2D eigenvalue weighted by Crippen LogP contribution is 2.31. The van der Waals surface area contributed by atoms with Crippen LogP contribution in [0.5, 0.6) is 5.75 Å². The standard InChI is InChI=1S/C21H17N3O4/c1-23-12-13(14-7-3-4-8-16(14)23)11-15-19(25)22-21(27)24(20(15)26)17-9-5-6-10-18(17)28-2/h3-12H,1-2H3,(H,22,25,27). The summed E-state index contributed by atoms with van der Waals surface area (Å²) >= 11 is 0. The number of ether oxygens (including phenoxy) is 1. The Hall–Kier alpha value is -3.87. The molecule has 0 aliphatic carbocycles. The lowest BCUT2D eigenvalue weighted by molar-refractivity contribution is -0.122. The topological polar surface area (TPSA) is 80.6 Å². The van der Waals surface area contributed by atoms with Gasteiger partial charge in [0.2, 0.25) is 0 Å². The summed E-state index contributed by atoms with van der Waals surface area (Å²) in [7, 11) is 3.33. The fraction of sp³-hybridized carbons (Fsp3) is 0.0952. The van der Waals surface area contributed by atoms with Crippen molar-refractivity contribution in [3.63, 3.8) is 0 Å². The van der Waals surface area contributed by atoms with Crippen LogP contribution in [0.2, 0.25) is 0 Å². The molecule has 1 fully saturated rings. The third-order valence-corrected chi connectivity index (χ3v) is 4.66. The van der Waals surface area contributed by atoms with E-state index < -0.39 is 17.8 Å². The second-order valence-corrected chi connectivity index (χ2v) is 6.34. The van der Waals surface area contributed by atoms with Crippen molar-refractivity contribution in [3.8, 4) is 5.75 Å². The molecular formula is C21H17N3O4. The van der Waals surface area contributed by atoms with Crippen molar-refractivity contribution >= 4 is 40.5 Å². The van der Waals surface area contributed by atoms with Gasteiger partial charge in [0.05, 0.1) is 12.8 Å². The molecule has 1 saturated heterocycles. The van der Waals surface area contributed by atoms with Gasteiger partial charge in [-0.1, -0.05) is 30.3 Å². The van der Waals surface area contributed by atoms with E-state index in [9.17, 15) is 14.4 Å². The zero-order valence-electron chi connectivity index (χ0n) is 15.3. The number of rotatable bonds is 3. The highest BCUT2D eigenvalue weighted by molar-refractivity contribution is 6.39. The van der Waals surface area contributed by atoms with Crippen LogP contribution in [0.1, 0.15) is 5.56 Å². The minimum atomic E-state index is -0.811. The fourth-order valence-electron chi connectivity index (χ4n) is 3.33. The fourth-order valence-corrected chi connectivity index (χ4v) is 3.33. The van der Waals surface area contributed by atoms with Gasteiger partial charge in [0, 0.05) is 29.7 Å². The molecule has 28 heavy (non-hydrogen) atoms. The second kappa shape index (κ2) is 6.70.